The number of aromatic nitrogens is 1. The lowest BCUT2D eigenvalue weighted by Crippen LogP contribution is -2.57. The van der Waals surface area contributed by atoms with Gasteiger partial charge in [0.2, 0.25) is 5.91 Å². The molecule has 12 heteroatoms. The van der Waals surface area contributed by atoms with Gasteiger partial charge in [0.15, 0.2) is 0 Å². The van der Waals surface area contributed by atoms with Gasteiger partial charge in [0, 0.05) is 47.8 Å². The molecule has 3 aromatic rings. The molecule has 5 rings (SSSR count). The summed E-state index contributed by atoms with van der Waals surface area (Å²) in [6.45, 7) is 11.9. The van der Waals surface area contributed by atoms with Gasteiger partial charge in [-0.25, -0.2) is 9.18 Å². The normalized spacial score (nSPS) is 17.7. The van der Waals surface area contributed by atoms with Crippen molar-refractivity contribution in [2.24, 2.45) is 0 Å². The summed E-state index contributed by atoms with van der Waals surface area (Å²) in [5.41, 5.74) is 4.60. The molecule has 0 spiro atoms. The number of aryl methyl sites for hydroxylation is 1. The number of hydrogen-bond acceptors (Lipinski definition) is 6. The molecular weight excluding hydrogens is 591 g/mol. The summed E-state index contributed by atoms with van der Waals surface area (Å²) in [6, 6.07) is 9.90. The van der Waals surface area contributed by atoms with Crippen LogP contribution < -0.4 is 21.3 Å². The highest BCUT2D eigenvalue weighted by Gasteiger charge is 2.32. The standard InChI is InChI=1S/C34H39FN6O5/c1-18-27(37-20(3)29(18)40-32(44)28-17-41(14-13-36-28)33(45)46-34(4,5)6)16-25-24-15-22(9-12-26(24)39-31(25)43)30(42)38-19(2)21-7-10-23(35)11-8-21/h7-12,15-16,19,28,36-37H,13-14,17H2,1-6H3,(H,38,42)(H,39,43)(H,40,44)/b25-16-/t19-,28-/m1/s1. The Morgan fingerprint density at radius 1 is 1.11 bits per heavy atom. The molecule has 11 nitrogen and oxygen atoms in total. The highest BCUT2D eigenvalue weighted by atomic mass is 19.1. The molecule has 3 heterocycles. The average Bonchev–Trinajstić information content (AvgIpc) is 3.45. The molecule has 0 unspecified atom stereocenters. The van der Waals surface area contributed by atoms with E-state index in [4.69, 9.17) is 4.74 Å². The number of carbonyl (C=O) groups excluding carboxylic acids is 4. The molecular formula is C34H39FN6O5. The molecule has 4 amide bonds. The Kier molecular flexibility index (Phi) is 9.02. The van der Waals surface area contributed by atoms with Gasteiger partial charge in [0.25, 0.3) is 11.8 Å². The van der Waals surface area contributed by atoms with Crippen molar-refractivity contribution in [3.63, 3.8) is 0 Å². The number of benzene rings is 2. The molecule has 2 aliphatic rings. The fourth-order valence-electron chi connectivity index (χ4n) is 5.47. The fourth-order valence-corrected chi connectivity index (χ4v) is 5.47. The Balaban J connectivity index is 1.32. The number of piperazine rings is 1. The molecule has 2 atom stereocenters. The molecule has 2 aromatic carbocycles. The summed E-state index contributed by atoms with van der Waals surface area (Å²) in [7, 11) is 0. The van der Waals surface area contributed by atoms with E-state index in [0.29, 0.717) is 52.6 Å². The van der Waals surface area contributed by atoms with Crippen molar-refractivity contribution in [1.29, 1.82) is 0 Å². The van der Waals surface area contributed by atoms with Crippen molar-refractivity contribution in [1.82, 2.24) is 20.5 Å². The molecule has 1 saturated heterocycles. The van der Waals surface area contributed by atoms with Crippen LogP contribution in [0.15, 0.2) is 42.5 Å². The number of aromatic amines is 1. The Morgan fingerprint density at radius 2 is 1.83 bits per heavy atom. The number of halogens is 1. The van der Waals surface area contributed by atoms with E-state index in [0.717, 1.165) is 11.1 Å². The second-order valence-corrected chi connectivity index (χ2v) is 12.6. The molecule has 1 aromatic heterocycles. The van der Waals surface area contributed by atoms with E-state index >= 15 is 0 Å². The Labute approximate surface area is 267 Å². The lowest BCUT2D eigenvalue weighted by Gasteiger charge is -2.34. The molecule has 0 bridgehead atoms. The number of rotatable bonds is 6. The topological polar surface area (TPSA) is 145 Å². The molecule has 46 heavy (non-hydrogen) atoms. The summed E-state index contributed by atoms with van der Waals surface area (Å²) >= 11 is 0. The van der Waals surface area contributed by atoms with Gasteiger partial charge in [-0.15, -0.1) is 0 Å². The van der Waals surface area contributed by atoms with E-state index in [1.807, 2.05) is 20.8 Å². The van der Waals surface area contributed by atoms with Gasteiger partial charge in [0.05, 0.1) is 17.3 Å². The first-order valence-electron chi connectivity index (χ1n) is 15.2. The van der Waals surface area contributed by atoms with E-state index < -0.39 is 17.7 Å². The van der Waals surface area contributed by atoms with Crippen LogP contribution in [0, 0.1) is 19.7 Å². The third-order valence-corrected chi connectivity index (χ3v) is 7.94. The van der Waals surface area contributed by atoms with Gasteiger partial charge in [0.1, 0.15) is 17.5 Å². The van der Waals surface area contributed by atoms with Crippen LogP contribution >= 0.6 is 0 Å². The maximum absolute atomic E-state index is 13.3. The molecule has 0 radical (unpaired) electrons. The Morgan fingerprint density at radius 3 is 2.52 bits per heavy atom. The van der Waals surface area contributed by atoms with Crippen LogP contribution in [-0.4, -0.2) is 65.0 Å². The molecule has 0 saturated carbocycles. The van der Waals surface area contributed by atoms with Crippen LogP contribution in [0.4, 0.5) is 20.6 Å². The summed E-state index contributed by atoms with van der Waals surface area (Å²) in [5.74, 6) is -1.31. The van der Waals surface area contributed by atoms with Crippen molar-refractivity contribution >= 4 is 46.8 Å². The van der Waals surface area contributed by atoms with Gasteiger partial charge in [-0.3, -0.25) is 14.4 Å². The molecule has 2 aliphatic heterocycles. The first kappa shape index (κ1) is 32.4. The second-order valence-electron chi connectivity index (χ2n) is 12.6. The second kappa shape index (κ2) is 12.8. The van der Waals surface area contributed by atoms with Crippen molar-refractivity contribution in [2.45, 2.75) is 59.2 Å². The zero-order chi connectivity index (χ0) is 33.3. The van der Waals surface area contributed by atoms with Crippen LogP contribution in [0.3, 0.4) is 0 Å². The van der Waals surface area contributed by atoms with Crippen molar-refractivity contribution in [3.8, 4) is 0 Å². The number of fused-ring (bicyclic) bond motifs is 1. The lowest BCUT2D eigenvalue weighted by atomic mass is 10.0. The van der Waals surface area contributed by atoms with Gasteiger partial charge < -0.3 is 35.9 Å². The zero-order valence-corrected chi connectivity index (χ0v) is 26.8. The van der Waals surface area contributed by atoms with Gasteiger partial charge >= 0.3 is 6.09 Å². The van der Waals surface area contributed by atoms with Gasteiger partial charge in [-0.2, -0.15) is 0 Å². The van der Waals surface area contributed by atoms with Gasteiger partial charge in [-0.1, -0.05) is 12.1 Å². The number of anilines is 2. The number of ether oxygens (including phenoxy) is 1. The quantitative estimate of drug-likeness (QED) is 0.245. The summed E-state index contributed by atoms with van der Waals surface area (Å²) in [6.07, 6.45) is 1.23. The Hall–Kier alpha value is -4.97. The maximum atomic E-state index is 13.3. The Bertz CT molecular complexity index is 1720. The number of H-pyrrole nitrogens is 1. The van der Waals surface area contributed by atoms with Crippen molar-refractivity contribution < 1.29 is 28.3 Å². The fraction of sp³-hybridized carbons (Fsp3) is 0.353. The number of hydrogen-bond donors (Lipinski definition) is 5. The highest BCUT2D eigenvalue weighted by molar-refractivity contribution is 6.35. The van der Waals surface area contributed by atoms with Crippen LogP contribution in [0.25, 0.3) is 11.6 Å². The predicted octanol–water partition coefficient (Wildman–Crippen LogP) is 4.90. The highest BCUT2D eigenvalue weighted by Crippen LogP contribution is 2.35. The molecule has 5 N–H and O–H groups in total. The average molecular weight is 631 g/mol. The van der Waals surface area contributed by atoms with Crippen LogP contribution in [0.2, 0.25) is 0 Å². The minimum absolute atomic E-state index is 0.162. The van der Waals surface area contributed by atoms with Crippen molar-refractivity contribution in [3.05, 3.63) is 81.9 Å². The number of nitrogens with zero attached hydrogens (tertiary/aromatic N) is 1. The predicted molar refractivity (Wildman–Crippen MR) is 174 cm³/mol. The summed E-state index contributed by atoms with van der Waals surface area (Å²) in [5, 5.41) is 11.9. The minimum atomic E-state index is -0.640. The minimum Gasteiger partial charge on any atom is -0.444 e. The van der Waals surface area contributed by atoms with E-state index in [1.165, 1.54) is 17.0 Å². The number of amides is 4. The molecule has 242 valence electrons. The van der Waals surface area contributed by atoms with Gasteiger partial charge in [-0.05, 0) is 89.1 Å². The summed E-state index contributed by atoms with van der Waals surface area (Å²) in [4.78, 5) is 56.8. The van der Waals surface area contributed by atoms with Crippen LogP contribution in [-0.2, 0) is 14.3 Å². The monoisotopic (exact) mass is 630 g/mol. The third-order valence-electron chi connectivity index (χ3n) is 7.94. The zero-order valence-electron chi connectivity index (χ0n) is 26.8. The SMILES string of the molecule is Cc1[nH]c(/C=C2\C(=O)Nc3ccc(C(=O)N[C@H](C)c4ccc(F)cc4)cc32)c(C)c1NC(=O)[C@H]1CN(C(=O)OC(C)(C)C)CCN1. The molecule has 0 aliphatic carbocycles. The molecule has 1 fully saturated rings. The maximum Gasteiger partial charge on any atom is 0.410 e. The summed E-state index contributed by atoms with van der Waals surface area (Å²) < 4.78 is 18.8. The third kappa shape index (κ3) is 7.12. The lowest BCUT2D eigenvalue weighted by molar-refractivity contribution is -0.119. The van der Waals surface area contributed by atoms with E-state index in [2.05, 4.69) is 26.3 Å². The van der Waals surface area contributed by atoms with E-state index in [9.17, 15) is 23.6 Å². The van der Waals surface area contributed by atoms with Crippen molar-refractivity contribution in [2.75, 3.05) is 30.3 Å². The number of carbonyl (C=O) groups is 4. The first-order chi connectivity index (χ1) is 21.7. The van der Waals surface area contributed by atoms with Crippen LogP contribution in [0.1, 0.15) is 72.2 Å². The largest absolute Gasteiger partial charge is 0.444 e. The van der Waals surface area contributed by atoms with Crippen LogP contribution in [0.5, 0.6) is 0 Å². The van der Waals surface area contributed by atoms with E-state index in [1.54, 1.807) is 57.2 Å². The van der Waals surface area contributed by atoms with E-state index in [-0.39, 0.29) is 36.1 Å². The first-order valence-corrected chi connectivity index (χ1v) is 15.2. The smallest absolute Gasteiger partial charge is 0.410 e. The number of nitrogens with one attached hydrogen (secondary N) is 5.